The number of anilines is 1. The predicted octanol–water partition coefficient (Wildman–Crippen LogP) is 1.75. The van der Waals surface area contributed by atoms with Gasteiger partial charge in [-0.2, -0.15) is 5.10 Å². The van der Waals surface area contributed by atoms with Crippen LogP contribution in [-0.2, 0) is 0 Å². The Morgan fingerprint density at radius 1 is 1.44 bits per heavy atom. The molecule has 2 rings (SSSR count). The second-order valence-corrected chi connectivity index (χ2v) is 4.69. The summed E-state index contributed by atoms with van der Waals surface area (Å²) in [6.07, 6.45) is 3.87. The summed E-state index contributed by atoms with van der Waals surface area (Å²) in [5.41, 5.74) is 6.69. The third-order valence-electron chi connectivity index (χ3n) is 3.24. The average Bonchev–Trinajstić information content (AvgIpc) is 2.25. The fourth-order valence-electron chi connectivity index (χ4n) is 1.72. The van der Waals surface area contributed by atoms with Crippen LogP contribution in [0.2, 0.25) is 0 Å². The molecule has 0 spiro atoms. The summed E-state index contributed by atoms with van der Waals surface area (Å²) < 4.78 is 0. The van der Waals surface area contributed by atoms with Gasteiger partial charge in [-0.3, -0.25) is 0 Å². The first-order valence-corrected chi connectivity index (χ1v) is 6.07. The van der Waals surface area contributed by atoms with Crippen molar-refractivity contribution in [1.82, 2.24) is 10.2 Å². The molecule has 4 nitrogen and oxygen atoms in total. The van der Waals surface area contributed by atoms with E-state index in [9.17, 15) is 0 Å². The zero-order chi connectivity index (χ0) is 11.4. The van der Waals surface area contributed by atoms with Gasteiger partial charge in [0.1, 0.15) is 5.82 Å². The topological polar surface area (TPSA) is 63.8 Å². The van der Waals surface area contributed by atoms with Crippen molar-refractivity contribution in [3.8, 4) is 0 Å². The molecule has 1 fully saturated rings. The lowest BCUT2D eigenvalue weighted by Gasteiger charge is -2.24. The highest BCUT2D eigenvalue weighted by atomic mass is 15.2. The Kier molecular flexibility index (Phi) is 3.72. The molecule has 1 aliphatic carbocycles. The molecule has 0 radical (unpaired) electrons. The van der Waals surface area contributed by atoms with Gasteiger partial charge >= 0.3 is 0 Å². The van der Waals surface area contributed by atoms with Crippen LogP contribution in [0, 0.1) is 5.92 Å². The molecule has 1 unspecified atom stereocenters. The SMILES string of the molecule is CC(CN)CNc1ccc(C2CCC2)nn1. The minimum atomic E-state index is 0.466. The molecule has 3 N–H and O–H groups in total. The zero-order valence-corrected chi connectivity index (χ0v) is 9.82. The van der Waals surface area contributed by atoms with Crippen molar-refractivity contribution >= 4 is 5.82 Å². The highest BCUT2D eigenvalue weighted by molar-refractivity contribution is 5.33. The molecule has 4 heteroatoms. The van der Waals surface area contributed by atoms with Crippen molar-refractivity contribution in [2.75, 3.05) is 18.4 Å². The summed E-state index contributed by atoms with van der Waals surface area (Å²) >= 11 is 0. The predicted molar refractivity (Wildman–Crippen MR) is 65.3 cm³/mol. The van der Waals surface area contributed by atoms with E-state index in [0.29, 0.717) is 18.4 Å². The molecule has 0 aromatic carbocycles. The van der Waals surface area contributed by atoms with E-state index in [1.807, 2.05) is 6.07 Å². The van der Waals surface area contributed by atoms with Crippen molar-refractivity contribution in [1.29, 1.82) is 0 Å². The highest BCUT2D eigenvalue weighted by Gasteiger charge is 2.20. The van der Waals surface area contributed by atoms with Gasteiger partial charge in [-0.05, 0) is 37.4 Å². The average molecular weight is 220 g/mol. The molecule has 1 heterocycles. The van der Waals surface area contributed by atoms with Gasteiger partial charge in [0.05, 0.1) is 5.69 Å². The molecule has 0 saturated heterocycles. The number of rotatable bonds is 5. The van der Waals surface area contributed by atoms with Crippen LogP contribution in [0.4, 0.5) is 5.82 Å². The number of nitrogens with two attached hydrogens (primary N) is 1. The van der Waals surface area contributed by atoms with Crippen LogP contribution in [0.1, 0.15) is 37.8 Å². The van der Waals surface area contributed by atoms with Crippen molar-refractivity contribution in [3.63, 3.8) is 0 Å². The molecule has 1 aromatic heterocycles. The lowest BCUT2D eigenvalue weighted by molar-refractivity contribution is 0.408. The zero-order valence-electron chi connectivity index (χ0n) is 9.82. The van der Waals surface area contributed by atoms with Crippen molar-refractivity contribution in [3.05, 3.63) is 17.8 Å². The van der Waals surface area contributed by atoms with Gasteiger partial charge in [0, 0.05) is 12.5 Å². The first-order valence-electron chi connectivity index (χ1n) is 6.07. The maximum Gasteiger partial charge on any atom is 0.148 e. The summed E-state index contributed by atoms with van der Waals surface area (Å²) in [6.45, 7) is 3.66. The standard InChI is InChI=1S/C12H20N4/c1-9(7-13)8-14-12-6-5-11(15-16-12)10-3-2-4-10/h5-6,9-10H,2-4,7-8,13H2,1H3,(H,14,16). The number of hydrogen-bond donors (Lipinski definition) is 2. The second kappa shape index (κ2) is 5.25. The van der Waals surface area contributed by atoms with Gasteiger partial charge in [-0.15, -0.1) is 5.10 Å². The van der Waals surface area contributed by atoms with E-state index < -0.39 is 0 Å². The van der Waals surface area contributed by atoms with E-state index >= 15 is 0 Å². The van der Waals surface area contributed by atoms with E-state index in [1.54, 1.807) is 0 Å². The quantitative estimate of drug-likeness (QED) is 0.793. The van der Waals surface area contributed by atoms with Crippen LogP contribution in [-0.4, -0.2) is 23.3 Å². The third kappa shape index (κ3) is 2.70. The molecule has 0 aliphatic heterocycles. The summed E-state index contributed by atoms with van der Waals surface area (Å²) in [5.74, 6) is 1.97. The molecule has 16 heavy (non-hydrogen) atoms. The Bertz CT molecular complexity index is 318. The Labute approximate surface area is 96.6 Å². The van der Waals surface area contributed by atoms with E-state index in [0.717, 1.165) is 18.1 Å². The smallest absolute Gasteiger partial charge is 0.148 e. The maximum atomic E-state index is 5.55. The Balaban J connectivity index is 1.86. The van der Waals surface area contributed by atoms with Crippen LogP contribution < -0.4 is 11.1 Å². The maximum absolute atomic E-state index is 5.55. The Morgan fingerprint density at radius 3 is 2.75 bits per heavy atom. The number of nitrogens with one attached hydrogen (secondary N) is 1. The lowest BCUT2D eigenvalue weighted by Crippen LogP contribution is -2.20. The van der Waals surface area contributed by atoms with Crippen LogP contribution in [0.5, 0.6) is 0 Å². The molecule has 0 amide bonds. The minimum absolute atomic E-state index is 0.466. The van der Waals surface area contributed by atoms with Gasteiger partial charge in [-0.25, -0.2) is 0 Å². The summed E-state index contributed by atoms with van der Waals surface area (Å²) in [6, 6.07) is 4.11. The van der Waals surface area contributed by atoms with E-state index in [-0.39, 0.29) is 0 Å². The summed E-state index contributed by atoms with van der Waals surface area (Å²) in [7, 11) is 0. The van der Waals surface area contributed by atoms with E-state index in [2.05, 4.69) is 28.5 Å². The molecule has 1 saturated carbocycles. The van der Waals surface area contributed by atoms with Crippen LogP contribution in [0.25, 0.3) is 0 Å². The van der Waals surface area contributed by atoms with Crippen LogP contribution in [0.15, 0.2) is 12.1 Å². The van der Waals surface area contributed by atoms with Crippen molar-refractivity contribution in [2.24, 2.45) is 11.7 Å². The number of hydrogen-bond acceptors (Lipinski definition) is 4. The molecule has 0 bridgehead atoms. The molecule has 1 atom stereocenters. The molecular weight excluding hydrogens is 200 g/mol. The fraction of sp³-hybridized carbons (Fsp3) is 0.667. The summed E-state index contributed by atoms with van der Waals surface area (Å²) in [4.78, 5) is 0. The van der Waals surface area contributed by atoms with E-state index in [1.165, 1.54) is 19.3 Å². The van der Waals surface area contributed by atoms with Gasteiger partial charge < -0.3 is 11.1 Å². The van der Waals surface area contributed by atoms with Crippen LogP contribution >= 0.6 is 0 Å². The molecule has 88 valence electrons. The van der Waals surface area contributed by atoms with Gasteiger partial charge in [0.25, 0.3) is 0 Å². The summed E-state index contributed by atoms with van der Waals surface area (Å²) in [5, 5.41) is 11.7. The monoisotopic (exact) mass is 220 g/mol. The van der Waals surface area contributed by atoms with Crippen molar-refractivity contribution in [2.45, 2.75) is 32.1 Å². The first-order chi connectivity index (χ1) is 7.79. The molecule has 1 aromatic rings. The Hall–Kier alpha value is -1.16. The Morgan fingerprint density at radius 2 is 2.25 bits per heavy atom. The largest absolute Gasteiger partial charge is 0.368 e. The number of nitrogens with zero attached hydrogens (tertiary/aromatic N) is 2. The van der Waals surface area contributed by atoms with Crippen molar-refractivity contribution < 1.29 is 0 Å². The van der Waals surface area contributed by atoms with Gasteiger partial charge in [0.15, 0.2) is 0 Å². The normalized spacial score (nSPS) is 17.9. The third-order valence-corrected chi connectivity index (χ3v) is 3.24. The second-order valence-electron chi connectivity index (χ2n) is 4.69. The molecule has 1 aliphatic rings. The molecular formula is C12H20N4. The van der Waals surface area contributed by atoms with Crippen LogP contribution in [0.3, 0.4) is 0 Å². The fourth-order valence-corrected chi connectivity index (χ4v) is 1.72. The van der Waals surface area contributed by atoms with Gasteiger partial charge in [-0.1, -0.05) is 13.3 Å². The lowest BCUT2D eigenvalue weighted by atomic mass is 9.83. The minimum Gasteiger partial charge on any atom is -0.368 e. The van der Waals surface area contributed by atoms with Gasteiger partial charge in [0.2, 0.25) is 0 Å². The highest BCUT2D eigenvalue weighted by Crippen LogP contribution is 2.34. The van der Waals surface area contributed by atoms with E-state index in [4.69, 9.17) is 5.73 Å². The first kappa shape index (κ1) is 11.3. The number of aromatic nitrogens is 2.